The molecule has 1 aliphatic carbocycles. The fourth-order valence-corrected chi connectivity index (χ4v) is 2.35. The van der Waals surface area contributed by atoms with Gasteiger partial charge in [-0.2, -0.15) is 0 Å². The number of halogens is 1. The third kappa shape index (κ3) is 3.19. The van der Waals surface area contributed by atoms with E-state index >= 15 is 0 Å². The standard InChI is InChI=1S/C14H16BrN3O2/c1-19-10-4-5-12(15)11(8-10)14-18-17-13(20-14)6-7-16-9-2-3-9/h4-5,8-9,16H,2-3,6-7H2,1H3. The molecular weight excluding hydrogens is 322 g/mol. The van der Waals surface area contributed by atoms with E-state index in [1.165, 1.54) is 12.8 Å². The second kappa shape index (κ2) is 5.93. The van der Waals surface area contributed by atoms with Gasteiger partial charge < -0.3 is 14.5 Å². The van der Waals surface area contributed by atoms with Crippen LogP contribution in [0.25, 0.3) is 11.5 Å². The van der Waals surface area contributed by atoms with Gasteiger partial charge in [-0.15, -0.1) is 10.2 Å². The van der Waals surface area contributed by atoms with Crippen LogP contribution in [0.5, 0.6) is 5.75 Å². The minimum absolute atomic E-state index is 0.511. The minimum Gasteiger partial charge on any atom is -0.497 e. The third-order valence-electron chi connectivity index (χ3n) is 3.22. The number of ether oxygens (including phenoxy) is 1. The molecule has 1 aromatic carbocycles. The van der Waals surface area contributed by atoms with Crippen LogP contribution in [0, 0.1) is 0 Å². The lowest BCUT2D eigenvalue weighted by molar-refractivity contribution is 0.414. The Labute approximate surface area is 125 Å². The molecule has 1 N–H and O–H groups in total. The minimum atomic E-state index is 0.511. The molecule has 0 atom stereocenters. The van der Waals surface area contributed by atoms with Crippen molar-refractivity contribution in [3.8, 4) is 17.2 Å². The van der Waals surface area contributed by atoms with Gasteiger partial charge in [-0.25, -0.2) is 0 Å². The van der Waals surface area contributed by atoms with Crippen molar-refractivity contribution in [1.29, 1.82) is 0 Å². The van der Waals surface area contributed by atoms with E-state index in [4.69, 9.17) is 9.15 Å². The summed E-state index contributed by atoms with van der Waals surface area (Å²) in [7, 11) is 1.63. The van der Waals surface area contributed by atoms with Gasteiger partial charge >= 0.3 is 0 Å². The first kappa shape index (κ1) is 13.6. The molecule has 0 bridgehead atoms. The molecule has 20 heavy (non-hydrogen) atoms. The number of aromatic nitrogens is 2. The lowest BCUT2D eigenvalue weighted by Crippen LogP contribution is -2.19. The number of hydrogen-bond donors (Lipinski definition) is 1. The zero-order chi connectivity index (χ0) is 13.9. The van der Waals surface area contributed by atoms with E-state index in [0.29, 0.717) is 17.8 Å². The van der Waals surface area contributed by atoms with Crippen molar-refractivity contribution in [2.75, 3.05) is 13.7 Å². The molecule has 3 rings (SSSR count). The van der Waals surface area contributed by atoms with Gasteiger partial charge in [-0.1, -0.05) is 0 Å². The predicted molar refractivity (Wildman–Crippen MR) is 78.7 cm³/mol. The fraction of sp³-hybridized carbons (Fsp3) is 0.429. The first-order valence-corrected chi connectivity index (χ1v) is 7.45. The van der Waals surface area contributed by atoms with Crippen LogP contribution in [0.3, 0.4) is 0 Å². The summed E-state index contributed by atoms with van der Waals surface area (Å²) in [5.74, 6) is 1.93. The number of rotatable bonds is 6. The number of nitrogens with zero attached hydrogens (tertiary/aromatic N) is 2. The topological polar surface area (TPSA) is 60.2 Å². The monoisotopic (exact) mass is 337 g/mol. The van der Waals surface area contributed by atoms with Gasteiger partial charge in [-0.05, 0) is 47.0 Å². The van der Waals surface area contributed by atoms with Gasteiger partial charge in [0.25, 0.3) is 0 Å². The van der Waals surface area contributed by atoms with Crippen molar-refractivity contribution >= 4 is 15.9 Å². The largest absolute Gasteiger partial charge is 0.497 e. The van der Waals surface area contributed by atoms with Crippen molar-refractivity contribution in [2.45, 2.75) is 25.3 Å². The summed E-state index contributed by atoms with van der Waals surface area (Å²) >= 11 is 3.49. The van der Waals surface area contributed by atoms with Crippen LogP contribution < -0.4 is 10.1 Å². The van der Waals surface area contributed by atoms with E-state index in [-0.39, 0.29) is 0 Å². The van der Waals surface area contributed by atoms with Crippen LogP contribution in [0.15, 0.2) is 27.1 Å². The van der Waals surface area contributed by atoms with E-state index in [2.05, 4.69) is 31.4 Å². The van der Waals surface area contributed by atoms with Gasteiger partial charge in [0.15, 0.2) is 0 Å². The smallest absolute Gasteiger partial charge is 0.249 e. The molecule has 1 aromatic heterocycles. The average Bonchev–Trinajstić information content (AvgIpc) is 3.16. The molecule has 6 heteroatoms. The number of hydrogen-bond acceptors (Lipinski definition) is 5. The van der Waals surface area contributed by atoms with Crippen molar-refractivity contribution < 1.29 is 9.15 Å². The van der Waals surface area contributed by atoms with E-state index in [1.807, 2.05) is 18.2 Å². The second-order valence-corrected chi connectivity index (χ2v) is 5.68. The Morgan fingerprint density at radius 1 is 1.40 bits per heavy atom. The van der Waals surface area contributed by atoms with Gasteiger partial charge in [0, 0.05) is 23.5 Å². The number of benzene rings is 1. The predicted octanol–water partition coefficient (Wildman–Crippen LogP) is 2.80. The Morgan fingerprint density at radius 2 is 2.25 bits per heavy atom. The summed E-state index contributed by atoms with van der Waals surface area (Å²) < 4.78 is 11.8. The van der Waals surface area contributed by atoms with Crippen molar-refractivity contribution in [1.82, 2.24) is 15.5 Å². The first-order chi connectivity index (χ1) is 9.76. The van der Waals surface area contributed by atoms with Crippen LogP contribution in [0.2, 0.25) is 0 Å². The number of methoxy groups -OCH3 is 1. The van der Waals surface area contributed by atoms with Gasteiger partial charge in [0.05, 0.1) is 12.7 Å². The molecule has 0 amide bonds. The summed E-state index contributed by atoms with van der Waals surface area (Å²) in [5, 5.41) is 11.6. The van der Waals surface area contributed by atoms with E-state index < -0.39 is 0 Å². The Balaban J connectivity index is 1.71. The van der Waals surface area contributed by atoms with Crippen LogP contribution in [0.1, 0.15) is 18.7 Å². The third-order valence-corrected chi connectivity index (χ3v) is 3.91. The van der Waals surface area contributed by atoms with Gasteiger partial charge in [0.1, 0.15) is 5.75 Å². The summed E-state index contributed by atoms with van der Waals surface area (Å²) in [6.07, 6.45) is 3.32. The molecule has 1 saturated carbocycles. The fourth-order valence-electron chi connectivity index (χ4n) is 1.93. The quantitative estimate of drug-likeness (QED) is 0.878. The van der Waals surface area contributed by atoms with E-state index in [9.17, 15) is 0 Å². The van der Waals surface area contributed by atoms with Crippen molar-refractivity contribution in [3.63, 3.8) is 0 Å². The van der Waals surface area contributed by atoms with Gasteiger partial charge in [-0.3, -0.25) is 0 Å². The highest BCUT2D eigenvalue weighted by Gasteiger charge is 2.20. The van der Waals surface area contributed by atoms with Crippen LogP contribution in [0.4, 0.5) is 0 Å². The van der Waals surface area contributed by atoms with E-state index in [1.54, 1.807) is 7.11 Å². The molecule has 1 fully saturated rings. The summed E-state index contributed by atoms with van der Waals surface area (Å²) in [6.45, 7) is 0.881. The molecule has 5 nitrogen and oxygen atoms in total. The summed E-state index contributed by atoms with van der Waals surface area (Å²) in [6, 6.07) is 6.37. The Morgan fingerprint density at radius 3 is 3.00 bits per heavy atom. The zero-order valence-corrected chi connectivity index (χ0v) is 12.8. The van der Waals surface area contributed by atoms with E-state index in [0.717, 1.165) is 28.8 Å². The van der Waals surface area contributed by atoms with Crippen molar-refractivity contribution in [3.05, 3.63) is 28.6 Å². The first-order valence-electron chi connectivity index (χ1n) is 6.66. The lowest BCUT2D eigenvalue weighted by atomic mass is 10.2. The average molecular weight is 338 g/mol. The number of nitrogens with one attached hydrogen (secondary N) is 1. The highest BCUT2D eigenvalue weighted by atomic mass is 79.9. The maximum atomic E-state index is 5.70. The maximum absolute atomic E-state index is 5.70. The molecule has 0 spiro atoms. The molecule has 0 unspecified atom stereocenters. The SMILES string of the molecule is COc1ccc(Br)c(-c2nnc(CCNC3CC3)o2)c1. The van der Waals surface area contributed by atoms with Crippen LogP contribution in [-0.4, -0.2) is 29.9 Å². The molecule has 0 aliphatic heterocycles. The lowest BCUT2D eigenvalue weighted by Gasteiger charge is -2.03. The molecule has 0 radical (unpaired) electrons. The van der Waals surface area contributed by atoms with Crippen LogP contribution >= 0.6 is 15.9 Å². The Hall–Kier alpha value is -1.40. The highest BCUT2D eigenvalue weighted by molar-refractivity contribution is 9.10. The summed E-state index contributed by atoms with van der Waals surface area (Å²) in [4.78, 5) is 0. The maximum Gasteiger partial charge on any atom is 0.249 e. The Kier molecular flexibility index (Phi) is 4.03. The van der Waals surface area contributed by atoms with Crippen molar-refractivity contribution in [2.24, 2.45) is 0 Å². The van der Waals surface area contributed by atoms with Crippen LogP contribution in [-0.2, 0) is 6.42 Å². The highest BCUT2D eigenvalue weighted by Crippen LogP contribution is 2.30. The molecule has 0 saturated heterocycles. The molecule has 1 aliphatic rings. The summed E-state index contributed by atoms with van der Waals surface area (Å²) in [5.41, 5.74) is 0.846. The molecule has 2 aromatic rings. The molecule has 1 heterocycles. The Bertz CT molecular complexity index is 596. The second-order valence-electron chi connectivity index (χ2n) is 4.83. The van der Waals surface area contributed by atoms with Gasteiger partial charge in [0.2, 0.25) is 11.8 Å². The normalized spacial score (nSPS) is 14.5. The molecular formula is C14H16BrN3O2. The molecule has 106 valence electrons. The zero-order valence-electron chi connectivity index (χ0n) is 11.2.